The van der Waals surface area contributed by atoms with E-state index < -0.39 is 29.8 Å². The first-order chi connectivity index (χ1) is 21.5. The molecule has 233 valence electrons. The molecule has 0 amide bonds. The average molecular weight is 703 g/mol. The number of aromatic nitrogens is 5. The van der Waals surface area contributed by atoms with E-state index in [9.17, 15) is 49.5 Å². The Hall–Kier alpha value is -5.11. The molecule has 5 rings (SSSR count). The standard InChI is InChI=1S/5C6H5NO2.Ca.Cr/c5*8-6(9)5-3-1-2-4-7-5;;/h5*1-4H,(H,8,9);;/q;;;;;+2;+3/p-5. The number of carboxylic acids is 5. The van der Waals surface area contributed by atoms with Crippen molar-refractivity contribution >= 4 is 67.6 Å². The van der Waals surface area contributed by atoms with Crippen molar-refractivity contribution in [1.29, 1.82) is 0 Å². The zero-order valence-corrected chi connectivity index (χ0v) is 27.5. The minimum atomic E-state index is -1.24. The summed E-state index contributed by atoms with van der Waals surface area (Å²) >= 11 is 0. The maximum absolute atomic E-state index is 10.0. The Morgan fingerprint density at radius 3 is 0.553 bits per heavy atom. The third-order valence-corrected chi connectivity index (χ3v) is 4.37. The van der Waals surface area contributed by atoms with E-state index in [2.05, 4.69) is 24.9 Å². The molecule has 0 bridgehead atoms. The van der Waals surface area contributed by atoms with Crippen molar-refractivity contribution in [3.8, 4) is 0 Å². The SMILES string of the molecule is O=C([O-])c1ccccn1.O=C([O-])c1ccccn1.O=C([O-])c1ccccn1.O=C([O-])c1ccccn1.O=C([O-])c1ccccn1.[Ca+2].[Cr+3]. The normalized spacial score (nSPS) is 8.51. The van der Waals surface area contributed by atoms with Crippen LogP contribution in [0.25, 0.3) is 0 Å². The summed E-state index contributed by atoms with van der Waals surface area (Å²) in [6, 6.07) is 23.1. The van der Waals surface area contributed by atoms with Gasteiger partial charge in [-0.25, -0.2) is 0 Å². The minimum Gasteiger partial charge on any atom is -0.543 e. The van der Waals surface area contributed by atoms with E-state index >= 15 is 0 Å². The van der Waals surface area contributed by atoms with Crippen molar-refractivity contribution in [3.05, 3.63) is 150 Å². The Labute approximate surface area is 307 Å². The molecule has 0 spiro atoms. The molecule has 15 nitrogen and oxygen atoms in total. The zero-order chi connectivity index (χ0) is 33.5. The first kappa shape index (κ1) is 44.0. The molecule has 0 aromatic carbocycles. The molecule has 5 heterocycles. The van der Waals surface area contributed by atoms with Crippen molar-refractivity contribution in [1.82, 2.24) is 24.9 Å². The fraction of sp³-hybridized carbons (Fsp3) is 0. The van der Waals surface area contributed by atoms with E-state index in [1.807, 2.05) is 0 Å². The van der Waals surface area contributed by atoms with Gasteiger partial charge in [0.25, 0.3) is 0 Å². The van der Waals surface area contributed by atoms with Gasteiger partial charge in [-0.1, -0.05) is 30.3 Å². The van der Waals surface area contributed by atoms with Gasteiger partial charge in [0.1, 0.15) is 0 Å². The number of hydrogen-bond donors (Lipinski definition) is 0. The molecule has 0 atom stereocenters. The number of pyridine rings is 5. The van der Waals surface area contributed by atoms with Crippen LogP contribution in [0.4, 0.5) is 0 Å². The molecule has 5 aromatic rings. The zero-order valence-electron chi connectivity index (χ0n) is 24.0. The molecular weight excluding hydrogens is 682 g/mol. The van der Waals surface area contributed by atoms with E-state index in [0.29, 0.717) is 0 Å². The number of carbonyl (C=O) groups is 5. The Morgan fingerprint density at radius 1 is 0.340 bits per heavy atom. The van der Waals surface area contributed by atoms with Gasteiger partial charge >= 0.3 is 55.1 Å². The van der Waals surface area contributed by atoms with Gasteiger partial charge in [-0.3, -0.25) is 24.9 Å². The van der Waals surface area contributed by atoms with Gasteiger partial charge < -0.3 is 49.5 Å². The molecule has 0 fully saturated rings. The summed E-state index contributed by atoms with van der Waals surface area (Å²) in [5, 5.41) is 50.1. The summed E-state index contributed by atoms with van der Waals surface area (Å²) in [6.07, 6.45) is 7.04. The Bertz CT molecular complexity index is 1340. The second-order valence-corrected chi connectivity index (χ2v) is 7.51. The van der Waals surface area contributed by atoms with Gasteiger partial charge in [-0.15, -0.1) is 0 Å². The van der Waals surface area contributed by atoms with Crippen LogP contribution in [0.5, 0.6) is 0 Å². The maximum atomic E-state index is 10.0. The average Bonchev–Trinajstić information content (AvgIpc) is 3.08. The molecule has 0 saturated carbocycles. The second kappa shape index (κ2) is 26.1. The van der Waals surface area contributed by atoms with Crippen LogP contribution >= 0.6 is 0 Å². The largest absolute Gasteiger partial charge is 3.00 e. The minimum absolute atomic E-state index is 0. The van der Waals surface area contributed by atoms with E-state index in [1.165, 1.54) is 61.3 Å². The maximum Gasteiger partial charge on any atom is 3.00 e. The molecule has 0 aliphatic heterocycles. The molecule has 17 heteroatoms. The van der Waals surface area contributed by atoms with Gasteiger partial charge in [0, 0.05) is 31.0 Å². The van der Waals surface area contributed by atoms with Gasteiger partial charge in [-0.05, 0) is 60.7 Å². The van der Waals surface area contributed by atoms with Crippen LogP contribution in [0.15, 0.2) is 122 Å². The van der Waals surface area contributed by atoms with Crippen LogP contribution in [0, 0.1) is 0 Å². The summed E-state index contributed by atoms with van der Waals surface area (Å²) in [4.78, 5) is 67.7. The molecule has 47 heavy (non-hydrogen) atoms. The van der Waals surface area contributed by atoms with Crippen molar-refractivity contribution < 1.29 is 66.9 Å². The molecule has 0 saturated heterocycles. The topological polar surface area (TPSA) is 265 Å². The number of aromatic carboxylic acids is 5. The fourth-order valence-corrected chi connectivity index (χ4v) is 2.42. The molecule has 5 aromatic heterocycles. The summed E-state index contributed by atoms with van der Waals surface area (Å²) in [5.41, 5.74) is -0.150. The summed E-state index contributed by atoms with van der Waals surface area (Å²) in [6.45, 7) is 0. The Kier molecular flexibility index (Phi) is 24.5. The van der Waals surface area contributed by atoms with E-state index in [-0.39, 0.29) is 83.6 Å². The van der Waals surface area contributed by atoms with Gasteiger partial charge in [0.2, 0.25) is 0 Å². The predicted octanol–water partition coefficient (Wildman–Crippen LogP) is -3.16. The first-order valence-corrected chi connectivity index (χ1v) is 12.1. The summed E-state index contributed by atoms with van der Waals surface area (Å²) in [7, 11) is 0. The molecule has 1 radical (unpaired) electrons. The smallest absolute Gasteiger partial charge is 0.543 e. The van der Waals surface area contributed by atoms with E-state index in [0.717, 1.165) is 0 Å². The summed E-state index contributed by atoms with van der Waals surface area (Å²) < 4.78 is 0. The van der Waals surface area contributed by atoms with Crippen molar-refractivity contribution in [2.75, 3.05) is 0 Å². The molecule has 0 aliphatic carbocycles. The van der Waals surface area contributed by atoms with Crippen LogP contribution < -0.4 is 25.5 Å². The molecular formula is C30H20CaCrN5O10. The quantitative estimate of drug-likeness (QED) is 0.164. The number of carbonyl (C=O) groups excluding carboxylic acids is 5. The predicted molar refractivity (Wildman–Crippen MR) is 149 cm³/mol. The van der Waals surface area contributed by atoms with Crippen molar-refractivity contribution in [2.45, 2.75) is 0 Å². The van der Waals surface area contributed by atoms with E-state index in [4.69, 9.17) is 0 Å². The van der Waals surface area contributed by atoms with Gasteiger partial charge in [-0.2, -0.15) is 0 Å². The fourth-order valence-electron chi connectivity index (χ4n) is 2.42. The number of carboxylic acid groups (broad SMARTS) is 5. The Morgan fingerprint density at radius 2 is 0.489 bits per heavy atom. The summed E-state index contributed by atoms with van der Waals surface area (Å²) in [5.74, 6) is -6.20. The van der Waals surface area contributed by atoms with Crippen molar-refractivity contribution in [2.24, 2.45) is 0 Å². The van der Waals surface area contributed by atoms with Crippen LogP contribution in [0.3, 0.4) is 0 Å². The molecule has 0 aliphatic rings. The number of nitrogens with zero attached hydrogens (tertiary/aromatic N) is 5. The van der Waals surface area contributed by atoms with Crippen LogP contribution in [-0.4, -0.2) is 92.5 Å². The van der Waals surface area contributed by atoms with Crippen LogP contribution in [0.2, 0.25) is 0 Å². The number of hydrogen-bond acceptors (Lipinski definition) is 15. The van der Waals surface area contributed by atoms with Crippen LogP contribution in [0.1, 0.15) is 52.4 Å². The monoisotopic (exact) mass is 702 g/mol. The number of rotatable bonds is 5. The Balaban J connectivity index is 0. The first-order valence-electron chi connectivity index (χ1n) is 12.1. The van der Waals surface area contributed by atoms with E-state index in [1.54, 1.807) is 60.7 Å². The third kappa shape index (κ3) is 20.5. The second-order valence-electron chi connectivity index (χ2n) is 7.51. The molecule has 0 N–H and O–H groups in total. The third-order valence-electron chi connectivity index (χ3n) is 4.37. The molecule has 0 unspecified atom stereocenters. The van der Waals surface area contributed by atoms with Gasteiger partial charge in [0.05, 0.1) is 58.3 Å². The van der Waals surface area contributed by atoms with Crippen LogP contribution in [-0.2, 0) is 17.4 Å². The van der Waals surface area contributed by atoms with Crippen molar-refractivity contribution in [3.63, 3.8) is 0 Å². The van der Waals surface area contributed by atoms with Gasteiger partial charge in [0.15, 0.2) is 0 Å².